The molecule has 0 radical (unpaired) electrons. The van der Waals surface area contributed by atoms with Crippen molar-refractivity contribution in [2.24, 2.45) is 11.1 Å². The maximum absolute atomic E-state index is 5.91. The van der Waals surface area contributed by atoms with Crippen molar-refractivity contribution in [1.29, 1.82) is 0 Å². The zero-order valence-corrected chi connectivity index (χ0v) is 12.8. The maximum atomic E-state index is 5.91. The van der Waals surface area contributed by atoms with Crippen LogP contribution in [0.4, 0.5) is 0 Å². The summed E-state index contributed by atoms with van der Waals surface area (Å²) in [4.78, 5) is 0. The molecule has 3 heteroatoms. The lowest BCUT2D eigenvalue weighted by atomic mass is 9.91. The molecule has 1 fully saturated rings. The predicted molar refractivity (Wildman–Crippen MR) is 80.5 cm³/mol. The number of rotatable bonds is 4. The Morgan fingerprint density at radius 3 is 2.56 bits per heavy atom. The van der Waals surface area contributed by atoms with Gasteiger partial charge in [-0.1, -0.05) is 41.9 Å². The predicted octanol–water partition coefficient (Wildman–Crippen LogP) is 3.62. The van der Waals surface area contributed by atoms with E-state index in [4.69, 9.17) is 5.73 Å². The van der Waals surface area contributed by atoms with Gasteiger partial charge in [-0.2, -0.15) is 0 Å². The highest BCUT2D eigenvalue weighted by atomic mass is 79.9. The molecule has 18 heavy (non-hydrogen) atoms. The summed E-state index contributed by atoms with van der Waals surface area (Å²) in [7, 11) is 0. The van der Waals surface area contributed by atoms with E-state index in [0.29, 0.717) is 18.0 Å². The Labute approximate surface area is 118 Å². The van der Waals surface area contributed by atoms with Gasteiger partial charge in [0.05, 0.1) is 0 Å². The fourth-order valence-electron chi connectivity index (χ4n) is 2.86. The van der Waals surface area contributed by atoms with Crippen molar-refractivity contribution in [3.05, 3.63) is 34.3 Å². The van der Waals surface area contributed by atoms with Gasteiger partial charge in [0.25, 0.3) is 0 Å². The maximum Gasteiger partial charge on any atom is 0.0446 e. The Hall–Kier alpha value is -0.380. The Morgan fingerprint density at radius 2 is 2.06 bits per heavy atom. The molecule has 1 aliphatic rings. The van der Waals surface area contributed by atoms with E-state index in [2.05, 4.69) is 59.4 Å². The van der Waals surface area contributed by atoms with Gasteiger partial charge in [0.2, 0.25) is 0 Å². The Morgan fingerprint density at radius 1 is 1.39 bits per heavy atom. The number of hydrogen-bond acceptors (Lipinski definition) is 2. The van der Waals surface area contributed by atoms with Crippen LogP contribution < -0.4 is 11.1 Å². The van der Waals surface area contributed by atoms with E-state index in [9.17, 15) is 0 Å². The van der Waals surface area contributed by atoms with Crippen LogP contribution in [0.1, 0.15) is 44.7 Å². The largest absolute Gasteiger partial charge is 0.329 e. The number of hydrogen-bond donors (Lipinski definition) is 2. The first-order valence-corrected chi connectivity index (χ1v) is 7.51. The molecule has 2 rings (SSSR count). The van der Waals surface area contributed by atoms with Gasteiger partial charge in [0.15, 0.2) is 0 Å². The SMILES string of the molecule is CC1(C)CCC(NC(CN)c2ccc(Br)cc2)C1. The van der Waals surface area contributed by atoms with Gasteiger partial charge >= 0.3 is 0 Å². The van der Waals surface area contributed by atoms with Crippen LogP contribution in [0.3, 0.4) is 0 Å². The highest BCUT2D eigenvalue weighted by Gasteiger charge is 2.31. The van der Waals surface area contributed by atoms with E-state index in [0.717, 1.165) is 4.47 Å². The monoisotopic (exact) mass is 310 g/mol. The molecule has 0 saturated heterocycles. The summed E-state index contributed by atoms with van der Waals surface area (Å²) in [6.07, 6.45) is 3.82. The molecular formula is C15H23BrN2. The standard InChI is InChI=1S/C15H23BrN2/c1-15(2)8-7-13(9-15)18-14(10-17)11-3-5-12(16)6-4-11/h3-6,13-14,18H,7-10,17H2,1-2H3. The number of nitrogens with two attached hydrogens (primary N) is 1. The van der Waals surface area contributed by atoms with Crippen molar-refractivity contribution in [2.45, 2.75) is 45.2 Å². The molecule has 0 heterocycles. The molecule has 3 N–H and O–H groups in total. The lowest BCUT2D eigenvalue weighted by Crippen LogP contribution is -2.35. The van der Waals surface area contributed by atoms with Crippen molar-refractivity contribution < 1.29 is 0 Å². The van der Waals surface area contributed by atoms with Crippen LogP contribution in [0.2, 0.25) is 0 Å². The van der Waals surface area contributed by atoms with Gasteiger partial charge in [-0.05, 0) is 42.4 Å². The molecule has 0 aromatic heterocycles. The van der Waals surface area contributed by atoms with Gasteiger partial charge in [-0.25, -0.2) is 0 Å². The number of benzene rings is 1. The zero-order valence-electron chi connectivity index (χ0n) is 11.2. The quantitative estimate of drug-likeness (QED) is 0.891. The molecule has 1 aromatic rings. The molecule has 1 aromatic carbocycles. The van der Waals surface area contributed by atoms with E-state index in [1.165, 1.54) is 24.8 Å². The first kappa shape index (κ1) is 14.0. The van der Waals surface area contributed by atoms with Crippen molar-refractivity contribution in [2.75, 3.05) is 6.54 Å². The van der Waals surface area contributed by atoms with Crippen LogP contribution in [0.5, 0.6) is 0 Å². The van der Waals surface area contributed by atoms with Crippen LogP contribution in [0.15, 0.2) is 28.7 Å². The van der Waals surface area contributed by atoms with Crippen molar-refractivity contribution in [3.63, 3.8) is 0 Å². The van der Waals surface area contributed by atoms with E-state index in [-0.39, 0.29) is 6.04 Å². The van der Waals surface area contributed by atoms with Crippen molar-refractivity contribution in [1.82, 2.24) is 5.32 Å². The van der Waals surface area contributed by atoms with Crippen LogP contribution in [-0.4, -0.2) is 12.6 Å². The lowest BCUT2D eigenvalue weighted by Gasteiger charge is -2.24. The third kappa shape index (κ3) is 3.56. The first-order chi connectivity index (χ1) is 8.50. The van der Waals surface area contributed by atoms with Crippen LogP contribution in [-0.2, 0) is 0 Å². The summed E-state index contributed by atoms with van der Waals surface area (Å²) >= 11 is 3.47. The third-order valence-electron chi connectivity index (χ3n) is 3.91. The fraction of sp³-hybridized carbons (Fsp3) is 0.600. The molecule has 100 valence electrons. The molecule has 0 bridgehead atoms. The Balaban J connectivity index is 2.00. The fourth-order valence-corrected chi connectivity index (χ4v) is 3.12. The van der Waals surface area contributed by atoms with Crippen molar-refractivity contribution >= 4 is 15.9 Å². The smallest absolute Gasteiger partial charge is 0.0446 e. The third-order valence-corrected chi connectivity index (χ3v) is 4.44. The summed E-state index contributed by atoms with van der Waals surface area (Å²) in [6, 6.07) is 9.34. The summed E-state index contributed by atoms with van der Waals surface area (Å²) < 4.78 is 1.11. The Kier molecular flexibility index (Phi) is 4.46. The second-order valence-corrected chi connectivity index (χ2v) is 7.03. The van der Waals surface area contributed by atoms with Gasteiger partial charge in [0.1, 0.15) is 0 Å². The molecule has 0 aliphatic heterocycles. The van der Waals surface area contributed by atoms with Gasteiger partial charge in [0, 0.05) is 23.1 Å². The average molecular weight is 311 g/mol. The normalized spacial score (nSPS) is 24.1. The minimum atomic E-state index is 0.275. The number of halogens is 1. The topological polar surface area (TPSA) is 38.0 Å². The van der Waals surface area contributed by atoms with E-state index < -0.39 is 0 Å². The minimum absolute atomic E-state index is 0.275. The van der Waals surface area contributed by atoms with Crippen LogP contribution >= 0.6 is 15.9 Å². The second kappa shape index (κ2) is 5.72. The van der Waals surface area contributed by atoms with Gasteiger partial charge in [-0.15, -0.1) is 0 Å². The van der Waals surface area contributed by atoms with E-state index in [1.807, 2.05) is 0 Å². The molecule has 2 unspecified atom stereocenters. The highest BCUT2D eigenvalue weighted by Crippen LogP contribution is 2.37. The Bertz CT molecular complexity index is 386. The molecule has 0 amide bonds. The molecule has 1 saturated carbocycles. The van der Waals surface area contributed by atoms with Crippen molar-refractivity contribution in [3.8, 4) is 0 Å². The summed E-state index contributed by atoms with van der Waals surface area (Å²) in [5, 5.41) is 3.72. The zero-order chi connectivity index (χ0) is 13.2. The summed E-state index contributed by atoms with van der Waals surface area (Å²) in [5.41, 5.74) is 7.68. The highest BCUT2D eigenvalue weighted by molar-refractivity contribution is 9.10. The molecule has 2 nitrogen and oxygen atoms in total. The lowest BCUT2D eigenvalue weighted by molar-refractivity contribution is 0.353. The second-order valence-electron chi connectivity index (χ2n) is 6.11. The summed E-state index contributed by atoms with van der Waals surface area (Å²) in [6.45, 7) is 5.36. The molecule has 0 spiro atoms. The molecule has 2 atom stereocenters. The number of nitrogens with one attached hydrogen (secondary N) is 1. The molecule has 1 aliphatic carbocycles. The minimum Gasteiger partial charge on any atom is -0.329 e. The first-order valence-electron chi connectivity index (χ1n) is 6.72. The van der Waals surface area contributed by atoms with Gasteiger partial charge in [-0.3, -0.25) is 0 Å². The molecular weight excluding hydrogens is 288 g/mol. The van der Waals surface area contributed by atoms with Crippen LogP contribution in [0.25, 0.3) is 0 Å². The van der Waals surface area contributed by atoms with E-state index in [1.54, 1.807) is 0 Å². The summed E-state index contributed by atoms with van der Waals surface area (Å²) in [5.74, 6) is 0. The van der Waals surface area contributed by atoms with Crippen LogP contribution in [0, 0.1) is 5.41 Å². The van der Waals surface area contributed by atoms with E-state index >= 15 is 0 Å². The average Bonchev–Trinajstić information content (AvgIpc) is 2.67. The van der Waals surface area contributed by atoms with Gasteiger partial charge < -0.3 is 11.1 Å².